The summed E-state index contributed by atoms with van der Waals surface area (Å²) in [5.74, 6) is -3.66. The molecule has 21 heavy (non-hydrogen) atoms. The van der Waals surface area contributed by atoms with Gasteiger partial charge in [-0.2, -0.15) is 0 Å². The highest BCUT2D eigenvalue weighted by molar-refractivity contribution is 5.33. The molecule has 0 spiro atoms. The Morgan fingerprint density at radius 3 is 2.24 bits per heavy atom. The fourth-order valence-corrected chi connectivity index (χ4v) is 2.09. The van der Waals surface area contributed by atoms with Gasteiger partial charge < -0.3 is 5.32 Å². The Labute approximate surface area is 119 Å². The van der Waals surface area contributed by atoms with Crippen LogP contribution in [0.1, 0.15) is 30.5 Å². The highest BCUT2D eigenvalue weighted by Crippen LogP contribution is 2.27. The molecule has 0 aliphatic carbocycles. The number of aromatic nitrogens is 1. The molecule has 1 aromatic heterocycles. The van der Waals surface area contributed by atoms with Gasteiger partial charge >= 0.3 is 0 Å². The van der Waals surface area contributed by atoms with Crippen LogP contribution in [0.4, 0.5) is 17.6 Å². The standard InChI is InChI=1S/C15H14F4N2/c1-2-3-21-15(9-4-11(17)8-20-7-9)14-12(18)5-10(16)6-13(14)19/h4-8,15,21H,2-3H2,1H3. The van der Waals surface area contributed by atoms with E-state index in [0.29, 0.717) is 25.1 Å². The van der Waals surface area contributed by atoms with E-state index in [1.807, 2.05) is 6.92 Å². The third-order valence-corrected chi connectivity index (χ3v) is 2.99. The summed E-state index contributed by atoms with van der Waals surface area (Å²) < 4.78 is 54.2. The number of hydrogen-bond acceptors (Lipinski definition) is 2. The van der Waals surface area contributed by atoms with E-state index in [4.69, 9.17) is 0 Å². The average molecular weight is 298 g/mol. The first-order valence-corrected chi connectivity index (χ1v) is 6.51. The quantitative estimate of drug-likeness (QED) is 0.851. The van der Waals surface area contributed by atoms with Crippen molar-refractivity contribution in [1.82, 2.24) is 10.3 Å². The van der Waals surface area contributed by atoms with E-state index in [9.17, 15) is 17.6 Å². The van der Waals surface area contributed by atoms with Crippen molar-refractivity contribution in [1.29, 1.82) is 0 Å². The zero-order valence-electron chi connectivity index (χ0n) is 11.3. The summed E-state index contributed by atoms with van der Waals surface area (Å²) in [4.78, 5) is 3.68. The van der Waals surface area contributed by atoms with Crippen LogP contribution in [0.15, 0.2) is 30.6 Å². The lowest BCUT2D eigenvalue weighted by atomic mass is 9.98. The van der Waals surface area contributed by atoms with E-state index in [0.717, 1.165) is 12.3 Å². The van der Waals surface area contributed by atoms with Gasteiger partial charge in [-0.25, -0.2) is 17.6 Å². The van der Waals surface area contributed by atoms with Gasteiger partial charge in [0.1, 0.15) is 23.3 Å². The van der Waals surface area contributed by atoms with E-state index < -0.39 is 29.3 Å². The second-order valence-corrected chi connectivity index (χ2v) is 4.61. The van der Waals surface area contributed by atoms with Crippen LogP contribution >= 0.6 is 0 Å². The second-order valence-electron chi connectivity index (χ2n) is 4.61. The third-order valence-electron chi connectivity index (χ3n) is 2.99. The van der Waals surface area contributed by atoms with Crippen LogP contribution in [-0.2, 0) is 0 Å². The Hall–Kier alpha value is -1.95. The van der Waals surface area contributed by atoms with Crippen LogP contribution in [0.5, 0.6) is 0 Å². The highest BCUT2D eigenvalue weighted by atomic mass is 19.1. The van der Waals surface area contributed by atoms with Gasteiger partial charge in [0.2, 0.25) is 0 Å². The van der Waals surface area contributed by atoms with Gasteiger partial charge in [-0.1, -0.05) is 6.92 Å². The van der Waals surface area contributed by atoms with Crippen molar-refractivity contribution in [3.8, 4) is 0 Å². The SMILES string of the molecule is CCCNC(c1cncc(F)c1)c1c(F)cc(F)cc1F. The van der Waals surface area contributed by atoms with Crippen molar-refractivity contribution in [2.75, 3.05) is 6.54 Å². The molecule has 0 saturated heterocycles. The van der Waals surface area contributed by atoms with Gasteiger partial charge in [-0.3, -0.25) is 4.98 Å². The first-order valence-electron chi connectivity index (χ1n) is 6.51. The number of rotatable bonds is 5. The molecule has 0 saturated carbocycles. The minimum Gasteiger partial charge on any atom is -0.306 e. The number of hydrogen-bond donors (Lipinski definition) is 1. The molecule has 1 aromatic carbocycles. The van der Waals surface area contributed by atoms with Gasteiger partial charge in [0.05, 0.1) is 12.2 Å². The normalized spacial score (nSPS) is 12.4. The lowest BCUT2D eigenvalue weighted by Gasteiger charge is -2.20. The first-order chi connectivity index (χ1) is 10.0. The molecule has 0 radical (unpaired) electrons. The molecule has 1 heterocycles. The maximum atomic E-state index is 13.9. The van der Waals surface area contributed by atoms with E-state index in [1.165, 1.54) is 6.20 Å². The Kier molecular flexibility index (Phi) is 4.90. The molecule has 1 N–H and O–H groups in total. The van der Waals surface area contributed by atoms with Crippen LogP contribution in [-0.4, -0.2) is 11.5 Å². The highest BCUT2D eigenvalue weighted by Gasteiger charge is 2.23. The number of pyridine rings is 1. The summed E-state index contributed by atoms with van der Waals surface area (Å²) in [6, 6.07) is 1.41. The van der Waals surface area contributed by atoms with Crippen LogP contribution in [0, 0.1) is 23.3 Å². The van der Waals surface area contributed by atoms with Crippen molar-refractivity contribution in [3.05, 3.63) is 65.0 Å². The molecule has 0 bridgehead atoms. The lowest BCUT2D eigenvalue weighted by Crippen LogP contribution is -2.25. The summed E-state index contributed by atoms with van der Waals surface area (Å²) in [6.07, 6.45) is 3.03. The molecule has 112 valence electrons. The predicted octanol–water partition coefficient (Wildman–Crippen LogP) is 3.73. The smallest absolute Gasteiger partial charge is 0.141 e. The topological polar surface area (TPSA) is 24.9 Å². The summed E-state index contributed by atoms with van der Waals surface area (Å²) in [5, 5.41) is 2.92. The summed E-state index contributed by atoms with van der Waals surface area (Å²) in [5.41, 5.74) is -0.0786. The van der Waals surface area contributed by atoms with Crippen molar-refractivity contribution < 1.29 is 17.6 Å². The van der Waals surface area contributed by atoms with Crippen molar-refractivity contribution in [2.45, 2.75) is 19.4 Å². The fraction of sp³-hybridized carbons (Fsp3) is 0.267. The number of halogens is 4. The summed E-state index contributed by atoms with van der Waals surface area (Å²) >= 11 is 0. The zero-order valence-corrected chi connectivity index (χ0v) is 11.3. The van der Waals surface area contributed by atoms with E-state index in [2.05, 4.69) is 10.3 Å². The predicted molar refractivity (Wildman–Crippen MR) is 70.6 cm³/mol. The largest absolute Gasteiger partial charge is 0.306 e. The van der Waals surface area contributed by atoms with Crippen LogP contribution in [0.25, 0.3) is 0 Å². The van der Waals surface area contributed by atoms with E-state index in [-0.39, 0.29) is 11.1 Å². The molecular weight excluding hydrogens is 284 g/mol. The minimum absolute atomic E-state index is 0.271. The maximum absolute atomic E-state index is 13.9. The monoisotopic (exact) mass is 298 g/mol. The lowest BCUT2D eigenvalue weighted by molar-refractivity contribution is 0.484. The van der Waals surface area contributed by atoms with Crippen molar-refractivity contribution in [2.24, 2.45) is 0 Å². The Morgan fingerprint density at radius 2 is 1.67 bits per heavy atom. The van der Waals surface area contributed by atoms with Gasteiger partial charge in [0.15, 0.2) is 0 Å². The van der Waals surface area contributed by atoms with Crippen LogP contribution < -0.4 is 5.32 Å². The molecule has 2 rings (SSSR count). The zero-order chi connectivity index (χ0) is 15.4. The number of nitrogens with one attached hydrogen (secondary N) is 1. The van der Waals surface area contributed by atoms with Gasteiger partial charge in [0.25, 0.3) is 0 Å². The number of benzene rings is 1. The fourth-order valence-electron chi connectivity index (χ4n) is 2.09. The Morgan fingerprint density at radius 1 is 1.00 bits per heavy atom. The molecule has 0 aliphatic rings. The second kappa shape index (κ2) is 6.67. The van der Waals surface area contributed by atoms with E-state index >= 15 is 0 Å². The number of nitrogens with zero attached hydrogens (tertiary/aromatic N) is 1. The van der Waals surface area contributed by atoms with Crippen molar-refractivity contribution >= 4 is 0 Å². The van der Waals surface area contributed by atoms with Gasteiger partial charge in [0, 0.05) is 23.9 Å². The minimum atomic E-state index is -1.02. The Bertz CT molecular complexity index is 608. The molecular formula is C15H14F4N2. The van der Waals surface area contributed by atoms with Crippen molar-refractivity contribution in [3.63, 3.8) is 0 Å². The first kappa shape index (κ1) is 15.4. The molecule has 0 fully saturated rings. The summed E-state index contributed by atoms with van der Waals surface area (Å²) in [6.45, 7) is 2.34. The molecule has 1 atom stereocenters. The molecule has 2 aromatic rings. The molecule has 2 nitrogen and oxygen atoms in total. The average Bonchev–Trinajstić information content (AvgIpc) is 2.41. The van der Waals surface area contributed by atoms with Gasteiger partial charge in [-0.05, 0) is 24.6 Å². The maximum Gasteiger partial charge on any atom is 0.141 e. The molecule has 1 unspecified atom stereocenters. The van der Waals surface area contributed by atoms with Crippen LogP contribution in [0.2, 0.25) is 0 Å². The van der Waals surface area contributed by atoms with E-state index in [1.54, 1.807) is 0 Å². The third kappa shape index (κ3) is 3.58. The Balaban J connectivity index is 2.50. The van der Waals surface area contributed by atoms with Crippen LogP contribution in [0.3, 0.4) is 0 Å². The molecule has 6 heteroatoms. The molecule has 0 aliphatic heterocycles. The summed E-state index contributed by atoms with van der Waals surface area (Å²) in [7, 11) is 0. The molecule has 0 amide bonds. The van der Waals surface area contributed by atoms with Gasteiger partial charge in [-0.15, -0.1) is 0 Å².